The molecule has 1 saturated carbocycles. The van der Waals surface area contributed by atoms with Gasteiger partial charge in [0.15, 0.2) is 5.65 Å². The summed E-state index contributed by atoms with van der Waals surface area (Å²) < 4.78 is 1.93. The molecule has 6 nitrogen and oxygen atoms in total. The molecule has 1 fully saturated rings. The lowest BCUT2D eigenvalue weighted by Crippen LogP contribution is -2.17. The minimum Gasteiger partial charge on any atom is -0.396 e. The van der Waals surface area contributed by atoms with Crippen molar-refractivity contribution in [1.29, 1.82) is 0 Å². The molecule has 0 aromatic carbocycles. The molecule has 1 unspecified atom stereocenters. The molecule has 2 heterocycles. The molecule has 2 aromatic heterocycles. The van der Waals surface area contributed by atoms with Gasteiger partial charge in [-0.15, -0.1) is 0 Å². The summed E-state index contributed by atoms with van der Waals surface area (Å²) in [4.78, 5) is 13.1. The summed E-state index contributed by atoms with van der Waals surface area (Å²) in [6.45, 7) is 7.70. The number of aryl methyl sites for hydroxylation is 2. The van der Waals surface area contributed by atoms with E-state index in [1.54, 1.807) is 6.33 Å². The first kappa shape index (κ1) is 13.2. The highest BCUT2D eigenvalue weighted by atomic mass is 16.3. The third-order valence-electron chi connectivity index (χ3n) is 4.07. The van der Waals surface area contributed by atoms with Crippen molar-refractivity contribution in [3.05, 3.63) is 30.0 Å². The number of hydrogen-bond acceptors (Lipinski definition) is 5. The highest BCUT2D eigenvalue weighted by molar-refractivity contribution is 5.73. The minimum atomic E-state index is -0.570. The highest BCUT2D eigenvalue weighted by Gasteiger charge is 2.37. The second-order valence-corrected chi connectivity index (χ2v) is 5.36. The predicted octanol–water partition coefficient (Wildman–Crippen LogP) is 0.914. The second-order valence-electron chi connectivity index (χ2n) is 5.36. The van der Waals surface area contributed by atoms with E-state index < -0.39 is 6.10 Å². The molecular weight excluding hydrogens is 256 g/mol. The Labute approximate surface area is 116 Å². The van der Waals surface area contributed by atoms with Crippen molar-refractivity contribution in [2.45, 2.75) is 32.4 Å². The Hall–Kier alpha value is -1.79. The average molecular weight is 274 g/mol. The van der Waals surface area contributed by atoms with Crippen LogP contribution >= 0.6 is 0 Å². The van der Waals surface area contributed by atoms with Gasteiger partial charge in [-0.3, -0.25) is 0 Å². The fraction of sp³-hybridized carbons (Fsp3) is 0.500. The zero-order chi connectivity index (χ0) is 14.4. The van der Waals surface area contributed by atoms with Crippen LogP contribution in [0.15, 0.2) is 18.5 Å². The fourth-order valence-electron chi connectivity index (χ4n) is 2.99. The van der Waals surface area contributed by atoms with Crippen LogP contribution in [-0.4, -0.2) is 42.4 Å². The van der Waals surface area contributed by atoms with Crippen LogP contribution in [0.1, 0.15) is 24.0 Å². The van der Waals surface area contributed by atoms with E-state index in [4.69, 9.17) is 0 Å². The zero-order valence-corrected chi connectivity index (χ0v) is 11.6. The van der Waals surface area contributed by atoms with Crippen molar-refractivity contribution in [2.24, 2.45) is 5.92 Å². The summed E-state index contributed by atoms with van der Waals surface area (Å²) in [5, 5.41) is 19.4. The Balaban J connectivity index is 2.10. The van der Waals surface area contributed by atoms with Gasteiger partial charge in [0.2, 0.25) is 0 Å². The molecule has 0 saturated heterocycles. The largest absolute Gasteiger partial charge is 0.396 e. The monoisotopic (exact) mass is 274 g/mol. The molecule has 0 spiro atoms. The normalized spacial score (nSPS) is 26.6. The molecule has 3 rings (SSSR count). The topological polar surface area (TPSA) is 84.1 Å². The van der Waals surface area contributed by atoms with Crippen molar-refractivity contribution in [1.82, 2.24) is 19.5 Å². The van der Waals surface area contributed by atoms with Crippen molar-refractivity contribution in [3.63, 3.8) is 0 Å². The number of imidazole rings is 1. The first-order chi connectivity index (χ1) is 9.52. The summed E-state index contributed by atoms with van der Waals surface area (Å²) in [6.07, 6.45) is 1.67. The minimum absolute atomic E-state index is 0.0825. The van der Waals surface area contributed by atoms with Crippen LogP contribution in [0.3, 0.4) is 0 Å². The molecule has 0 bridgehead atoms. The average Bonchev–Trinajstić information content (AvgIpc) is 2.91. The molecule has 2 aromatic rings. The molecule has 1 aliphatic carbocycles. The summed E-state index contributed by atoms with van der Waals surface area (Å²) in [6, 6.07) is -0.0825. The van der Waals surface area contributed by atoms with Gasteiger partial charge in [0.1, 0.15) is 11.3 Å². The standard InChI is InChI=1S/C14H18N4O2/c1-7-10(5-19)12(20)4-11(7)18-6-15-13-8(2)16-9(3)17-14(13)18/h6,10-12,19-20H,1,4-5H2,2-3H3/t10-,11?,12-/m0/s1. The molecule has 1 aliphatic rings. The Morgan fingerprint density at radius 3 is 2.80 bits per heavy atom. The maximum absolute atomic E-state index is 10.0. The van der Waals surface area contributed by atoms with Crippen LogP contribution in [0.2, 0.25) is 0 Å². The number of hydrogen-bond donors (Lipinski definition) is 2. The molecule has 0 amide bonds. The molecule has 0 aliphatic heterocycles. The summed E-state index contributed by atoms with van der Waals surface area (Å²) in [5.74, 6) is 0.418. The lowest BCUT2D eigenvalue weighted by Gasteiger charge is -2.15. The van der Waals surface area contributed by atoms with Gasteiger partial charge in [-0.25, -0.2) is 15.0 Å². The van der Waals surface area contributed by atoms with E-state index in [0.29, 0.717) is 12.2 Å². The predicted molar refractivity (Wildman–Crippen MR) is 74.2 cm³/mol. The van der Waals surface area contributed by atoms with E-state index in [2.05, 4.69) is 21.5 Å². The lowest BCUT2D eigenvalue weighted by atomic mass is 10.0. The van der Waals surface area contributed by atoms with Gasteiger partial charge in [-0.2, -0.15) is 0 Å². The van der Waals surface area contributed by atoms with Crippen LogP contribution in [-0.2, 0) is 0 Å². The number of fused-ring (bicyclic) bond motifs is 1. The van der Waals surface area contributed by atoms with E-state index in [1.807, 2.05) is 18.4 Å². The van der Waals surface area contributed by atoms with Crippen LogP contribution < -0.4 is 0 Å². The maximum atomic E-state index is 10.0. The van der Waals surface area contributed by atoms with Gasteiger partial charge in [-0.1, -0.05) is 6.58 Å². The van der Waals surface area contributed by atoms with Crippen molar-refractivity contribution >= 4 is 11.2 Å². The number of aromatic nitrogens is 4. The van der Waals surface area contributed by atoms with Gasteiger partial charge in [0, 0.05) is 5.92 Å². The number of rotatable bonds is 2. The SMILES string of the molecule is C=C1C(n2cnc3c(C)nc(C)nc32)C[C@H](O)[C@H]1CO. The molecule has 6 heteroatoms. The van der Waals surface area contributed by atoms with Gasteiger partial charge < -0.3 is 14.8 Å². The Morgan fingerprint density at radius 1 is 1.40 bits per heavy atom. The molecule has 20 heavy (non-hydrogen) atoms. The van der Waals surface area contributed by atoms with E-state index in [0.717, 1.165) is 22.4 Å². The van der Waals surface area contributed by atoms with Crippen molar-refractivity contribution in [2.75, 3.05) is 6.61 Å². The Morgan fingerprint density at radius 2 is 2.15 bits per heavy atom. The van der Waals surface area contributed by atoms with Gasteiger partial charge >= 0.3 is 0 Å². The third kappa shape index (κ3) is 1.83. The number of nitrogens with zero attached hydrogens (tertiary/aromatic N) is 4. The molecule has 106 valence electrons. The first-order valence-corrected chi connectivity index (χ1v) is 6.68. The van der Waals surface area contributed by atoms with Crippen molar-refractivity contribution in [3.8, 4) is 0 Å². The lowest BCUT2D eigenvalue weighted by molar-refractivity contribution is 0.101. The zero-order valence-electron chi connectivity index (χ0n) is 11.6. The fourth-order valence-corrected chi connectivity index (χ4v) is 2.99. The number of aliphatic hydroxyl groups is 2. The smallest absolute Gasteiger partial charge is 0.164 e. The third-order valence-corrected chi connectivity index (χ3v) is 4.07. The van der Waals surface area contributed by atoms with E-state index in [9.17, 15) is 10.2 Å². The summed E-state index contributed by atoms with van der Waals surface area (Å²) >= 11 is 0. The van der Waals surface area contributed by atoms with E-state index >= 15 is 0 Å². The molecule has 2 N–H and O–H groups in total. The Kier molecular flexibility index (Phi) is 3.07. The summed E-state index contributed by atoms with van der Waals surface area (Å²) in [7, 11) is 0. The Bertz CT molecular complexity index is 679. The van der Waals surface area contributed by atoms with E-state index in [-0.39, 0.29) is 18.6 Å². The highest BCUT2D eigenvalue weighted by Crippen LogP contribution is 2.40. The van der Waals surface area contributed by atoms with Crippen LogP contribution in [0.5, 0.6) is 0 Å². The summed E-state index contributed by atoms with van der Waals surface area (Å²) in [5.41, 5.74) is 3.19. The van der Waals surface area contributed by atoms with Crippen LogP contribution in [0, 0.1) is 19.8 Å². The van der Waals surface area contributed by atoms with Crippen molar-refractivity contribution < 1.29 is 10.2 Å². The van der Waals surface area contributed by atoms with Gasteiger partial charge in [-0.05, 0) is 25.8 Å². The molecular formula is C14H18N4O2. The molecule has 0 radical (unpaired) electrons. The van der Waals surface area contributed by atoms with Gasteiger partial charge in [0.05, 0.1) is 30.8 Å². The van der Waals surface area contributed by atoms with Crippen LogP contribution in [0.4, 0.5) is 0 Å². The quantitative estimate of drug-likeness (QED) is 0.795. The van der Waals surface area contributed by atoms with Crippen LogP contribution in [0.25, 0.3) is 11.2 Å². The first-order valence-electron chi connectivity index (χ1n) is 6.68. The maximum Gasteiger partial charge on any atom is 0.164 e. The second kappa shape index (κ2) is 4.64. The number of aliphatic hydroxyl groups excluding tert-OH is 2. The molecule has 3 atom stereocenters. The van der Waals surface area contributed by atoms with Gasteiger partial charge in [0.25, 0.3) is 0 Å². The van der Waals surface area contributed by atoms with E-state index in [1.165, 1.54) is 0 Å².